The van der Waals surface area contributed by atoms with E-state index in [-0.39, 0.29) is 18.5 Å². The molecule has 1 N–H and O–H groups in total. The number of nitrogens with one attached hydrogen (secondary N) is 1. The monoisotopic (exact) mass is 547 g/mol. The first-order chi connectivity index (χ1) is 17.6. The maximum atomic E-state index is 13.8. The Balaban J connectivity index is 1.91. The van der Waals surface area contributed by atoms with Gasteiger partial charge >= 0.3 is 0 Å². The zero-order valence-corrected chi connectivity index (χ0v) is 23.5. The highest BCUT2D eigenvalue weighted by molar-refractivity contribution is 7.92. The van der Waals surface area contributed by atoms with Crippen molar-refractivity contribution in [1.29, 1.82) is 0 Å². The van der Waals surface area contributed by atoms with Gasteiger partial charge in [-0.2, -0.15) is 0 Å². The van der Waals surface area contributed by atoms with Crippen LogP contribution in [0.3, 0.4) is 0 Å². The van der Waals surface area contributed by atoms with Gasteiger partial charge in [-0.3, -0.25) is 13.9 Å². The second-order valence-corrected chi connectivity index (χ2v) is 12.0. The van der Waals surface area contributed by atoms with Gasteiger partial charge in [0, 0.05) is 17.6 Å². The molecule has 2 aromatic carbocycles. The van der Waals surface area contributed by atoms with Crippen molar-refractivity contribution in [2.75, 3.05) is 17.1 Å². The van der Waals surface area contributed by atoms with E-state index in [1.165, 1.54) is 11.3 Å². The number of anilines is 1. The first-order valence-electron chi connectivity index (χ1n) is 13.0. The molecule has 0 bridgehead atoms. The summed E-state index contributed by atoms with van der Waals surface area (Å²) in [5, 5.41) is 3.62. The molecular weight excluding hydrogens is 510 g/mol. The van der Waals surface area contributed by atoms with Crippen LogP contribution in [0.4, 0.5) is 5.69 Å². The number of amides is 2. The second-order valence-electron chi connectivity index (χ2n) is 9.67. The maximum absolute atomic E-state index is 13.8. The van der Waals surface area contributed by atoms with Crippen molar-refractivity contribution in [3.8, 4) is 0 Å². The smallest absolute Gasteiger partial charge is 0.244 e. The van der Waals surface area contributed by atoms with Gasteiger partial charge in [-0.25, -0.2) is 8.42 Å². The molecule has 3 rings (SSSR count). The van der Waals surface area contributed by atoms with Crippen molar-refractivity contribution >= 4 is 39.1 Å². The fourth-order valence-electron chi connectivity index (χ4n) is 4.79. The summed E-state index contributed by atoms with van der Waals surface area (Å²) in [5.41, 5.74) is 2.17. The van der Waals surface area contributed by atoms with Crippen LogP contribution in [-0.4, -0.2) is 50.0 Å². The SMILES string of the molecule is CCc1ccc(N(CC(=O)N(Cc2ccccc2Cl)C(CC)C(=O)NC2CCCCC2)S(C)(=O)=O)cc1. The Bertz CT molecular complexity index is 1160. The average Bonchev–Trinajstić information content (AvgIpc) is 2.88. The molecule has 0 spiro atoms. The third kappa shape index (κ3) is 7.95. The van der Waals surface area contributed by atoms with Crippen LogP contribution in [0.1, 0.15) is 63.5 Å². The maximum Gasteiger partial charge on any atom is 0.244 e. The molecule has 37 heavy (non-hydrogen) atoms. The molecule has 202 valence electrons. The summed E-state index contributed by atoms with van der Waals surface area (Å²) in [7, 11) is -3.76. The van der Waals surface area contributed by atoms with Gasteiger partial charge in [0.2, 0.25) is 21.8 Å². The first kappa shape index (κ1) is 29.0. The molecule has 1 saturated carbocycles. The van der Waals surface area contributed by atoms with Crippen LogP contribution in [0.2, 0.25) is 5.02 Å². The average molecular weight is 548 g/mol. The third-order valence-electron chi connectivity index (χ3n) is 6.95. The number of sulfonamides is 1. The van der Waals surface area contributed by atoms with E-state index in [2.05, 4.69) is 5.32 Å². The number of rotatable bonds is 11. The minimum atomic E-state index is -3.76. The largest absolute Gasteiger partial charge is 0.352 e. The molecular formula is C28H38ClN3O4S. The Kier molecular flexibility index (Phi) is 10.4. The van der Waals surface area contributed by atoms with Crippen molar-refractivity contribution in [2.45, 2.75) is 77.4 Å². The highest BCUT2D eigenvalue weighted by atomic mass is 35.5. The lowest BCUT2D eigenvalue weighted by atomic mass is 9.95. The minimum Gasteiger partial charge on any atom is -0.352 e. The molecule has 9 heteroatoms. The Hall–Kier alpha value is -2.58. The van der Waals surface area contributed by atoms with Gasteiger partial charge in [-0.1, -0.05) is 75.0 Å². The highest BCUT2D eigenvalue weighted by Gasteiger charge is 2.33. The molecule has 0 aromatic heterocycles. The number of benzene rings is 2. The molecule has 1 fully saturated rings. The van der Waals surface area contributed by atoms with Gasteiger partial charge in [-0.05, 0) is 55.0 Å². The van der Waals surface area contributed by atoms with E-state index in [1.54, 1.807) is 24.3 Å². The Morgan fingerprint density at radius 2 is 1.68 bits per heavy atom. The van der Waals surface area contributed by atoms with Crippen LogP contribution in [0.15, 0.2) is 48.5 Å². The van der Waals surface area contributed by atoms with E-state index >= 15 is 0 Å². The molecule has 1 atom stereocenters. The third-order valence-corrected chi connectivity index (χ3v) is 8.46. The van der Waals surface area contributed by atoms with Crippen LogP contribution < -0.4 is 9.62 Å². The van der Waals surface area contributed by atoms with Crippen molar-refractivity contribution in [3.05, 3.63) is 64.7 Å². The van der Waals surface area contributed by atoms with E-state index in [0.717, 1.165) is 48.2 Å². The standard InChI is InChI=1S/C28H38ClN3O4S/c1-4-21-15-17-24(18-16-21)32(37(3,35)36)20-27(33)31(19-22-11-9-10-14-25(22)29)26(5-2)28(34)30-23-12-7-6-8-13-23/h9-11,14-18,23,26H,4-8,12-13,19-20H2,1-3H3,(H,30,34). The van der Waals surface area contributed by atoms with E-state index in [4.69, 9.17) is 11.6 Å². The molecule has 0 radical (unpaired) electrons. The summed E-state index contributed by atoms with van der Waals surface area (Å²) in [4.78, 5) is 28.7. The number of nitrogens with zero attached hydrogens (tertiary/aromatic N) is 2. The number of carbonyl (C=O) groups excluding carboxylic acids is 2. The first-order valence-corrected chi connectivity index (χ1v) is 15.3. The molecule has 1 unspecified atom stereocenters. The van der Waals surface area contributed by atoms with E-state index in [1.807, 2.05) is 38.1 Å². The lowest BCUT2D eigenvalue weighted by Gasteiger charge is -2.34. The summed E-state index contributed by atoms with van der Waals surface area (Å²) in [5.74, 6) is -0.677. The van der Waals surface area contributed by atoms with Gasteiger partial charge < -0.3 is 10.2 Å². The van der Waals surface area contributed by atoms with Crippen molar-refractivity contribution in [1.82, 2.24) is 10.2 Å². The predicted molar refractivity (Wildman–Crippen MR) is 149 cm³/mol. The van der Waals surface area contributed by atoms with E-state index < -0.39 is 28.5 Å². The van der Waals surface area contributed by atoms with E-state index in [0.29, 0.717) is 22.7 Å². The molecule has 1 aliphatic carbocycles. The Labute approximate surface area is 226 Å². The Morgan fingerprint density at radius 3 is 2.24 bits per heavy atom. The fourth-order valence-corrected chi connectivity index (χ4v) is 5.83. The minimum absolute atomic E-state index is 0.0946. The summed E-state index contributed by atoms with van der Waals surface area (Å²) in [6, 6.07) is 13.6. The number of carbonyl (C=O) groups is 2. The van der Waals surface area contributed by atoms with Crippen LogP contribution >= 0.6 is 11.6 Å². The number of hydrogen-bond acceptors (Lipinski definition) is 4. The van der Waals surface area contributed by atoms with Gasteiger partial charge in [-0.15, -0.1) is 0 Å². The zero-order valence-electron chi connectivity index (χ0n) is 22.0. The normalized spacial score (nSPS) is 15.1. The molecule has 0 saturated heterocycles. The topological polar surface area (TPSA) is 86.8 Å². The number of halogens is 1. The van der Waals surface area contributed by atoms with Gasteiger partial charge in [0.05, 0.1) is 11.9 Å². The van der Waals surface area contributed by atoms with Gasteiger partial charge in [0.25, 0.3) is 0 Å². The summed E-state index contributed by atoms with van der Waals surface area (Å²) in [6.45, 7) is 3.56. The summed E-state index contributed by atoms with van der Waals surface area (Å²) >= 11 is 6.41. The molecule has 0 heterocycles. The fraction of sp³-hybridized carbons (Fsp3) is 0.500. The van der Waals surface area contributed by atoms with Crippen LogP contribution in [0.5, 0.6) is 0 Å². The Morgan fingerprint density at radius 1 is 1.03 bits per heavy atom. The molecule has 1 aliphatic rings. The van der Waals surface area contributed by atoms with Crippen molar-refractivity contribution < 1.29 is 18.0 Å². The lowest BCUT2D eigenvalue weighted by Crippen LogP contribution is -2.54. The second kappa shape index (κ2) is 13.3. The summed E-state index contributed by atoms with van der Waals surface area (Å²) < 4.78 is 26.6. The molecule has 7 nitrogen and oxygen atoms in total. The highest BCUT2D eigenvalue weighted by Crippen LogP contribution is 2.23. The van der Waals surface area contributed by atoms with Crippen molar-refractivity contribution in [3.63, 3.8) is 0 Å². The van der Waals surface area contributed by atoms with Gasteiger partial charge in [0.15, 0.2) is 0 Å². The van der Waals surface area contributed by atoms with Crippen LogP contribution in [0.25, 0.3) is 0 Å². The predicted octanol–water partition coefficient (Wildman–Crippen LogP) is 4.92. The number of aryl methyl sites for hydroxylation is 1. The van der Waals surface area contributed by atoms with Crippen LogP contribution in [-0.2, 0) is 32.6 Å². The summed E-state index contributed by atoms with van der Waals surface area (Å²) in [6.07, 6.45) is 7.46. The quantitative estimate of drug-likeness (QED) is 0.432. The lowest BCUT2D eigenvalue weighted by molar-refractivity contribution is -0.140. The molecule has 2 aromatic rings. The van der Waals surface area contributed by atoms with Gasteiger partial charge in [0.1, 0.15) is 12.6 Å². The van der Waals surface area contributed by atoms with Crippen molar-refractivity contribution in [2.24, 2.45) is 0 Å². The molecule has 0 aliphatic heterocycles. The molecule has 2 amide bonds. The van der Waals surface area contributed by atoms with Crippen LogP contribution in [0, 0.1) is 0 Å². The van der Waals surface area contributed by atoms with E-state index in [9.17, 15) is 18.0 Å². The zero-order chi connectivity index (χ0) is 27.0. The number of hydrogen-bond donors (Lipinski definition) is 1.